The van der Waals surface area contributed by atoms with E-state index in [9.17, 15) is 9.59 Å². The second kappa shape index (κ2) is 10.8. The van der Waals surface area contributed by atoms with Gasteiger partial charge in [0.1, 0.15) is 11.4 Å². The minimum atomic E-state index is -0.470. The smallest absolute Gasteiger partial charge is 0.310 e. The number of anilines is 1. The van der Waals surface area contributed by atoms with Gasteiger partial charge in [-0.05, 0) is 65.1 Å². The first-order valence-electron chi connectivity index (χ1n) is 11.8. The fraction of sp³-hybridized carbons (Fsp3) is 0.560. The number of esters is 1. The molecule has 2 saturated heterocycles. The molecular formula is C25H37N5O3. The number of hydrogen-bond acceptors (Lipinski definition) is 6. The van der Waals surface area contributed by atoms with Gasteiger partial charge in [0.2, 0.25) is 0 Å². The third kappa shape index (κ3) is 7.05. The summed E-state index contributed by atoms with van der Waals surface area (Å²) in [6, 6.07) is 9.80. The van der Waals surface area contributed by atoms with Crippen LogP contribution in [0.1, 0.15) is 46.5 Å². The van der Waals surface area contributed by atoms with Crippen molar-refractivity contribution in [3.8, 4) is 0 Å². The first kappa shape index (κ1) is 24.8. The van der Waals surface area contributed by atoms with E-state index in [1.165, 1.54) is 6.20 Å². The Morgan fingerprint density at radius 3 is 2.39 bits per heavy atom. The maximum atomic E-state index is 13.0. The Labute approximate surface area is 196 Å². The molecule has 0 aliphatic carbocycles. The molecule has 8 heteroatoms. The van der Waals surface area contributed by atoms with Gasteiger partial charge < -0.3 is 20.7 Å². The highest BCUT2D eigenvalue weighted by Gasteiger charge is 2.35. The molecule has 0 saturated carbocycles. The van der Waals surface area contributed by atoms with Crippen molar-refractivity contribution in [3.05, 3.63) is 42.1 Å². The lowest BCUT2D eigenvalue weighted by Crippen LogP contribution is -2.51. The average molecular weight is 456 g/mol. The van der Waals surface area contributed by atoms with Crippen molar-refractivity contribution >= 4 is 23.4 Å². The average Bonchev–Trinajstić information content (AvgIpc) is 2.78. The summed E-state index contributed by atoms with van der Waals surface area (Å²) < 4.78 is 5.60. The van der Waals surface area contributed by atoms with Crippen LogP contribution in [-0.2, 0) is 14.3 Å². The van der Waals surface area contributed by atoms with Gasteiger partial charge in [-0.25, -0.2) is 0 Å². The summed E-state index contributed by atoms with van der Waals surface area (Å²) in [5, 5.41) is 10.9. The quantitative estimate of drug-likeness (QED) is 0.263. The summed E-state index contributed by atoms with van der Waals surface area (Å²) in [6.45, 7) is 8.59. The summed E-state index contributed by atoms with van der Waals surface area (Å²) in [7, 11) is 0. The molecule has 2 aliphatic rings. The number of hydrogen-bond donors (Lipinski definition) is 3. The Bertz CT molecular complexity index is 870. The van der Waals surface area contributed by atoms with Gasteiger partial charge in [0.05, 0.1) is 11.5 Å². The molecule has 2 fully saturated rings. The Morgan fingerprint density at radius 2 is 1.79 bits per heavy atom. The number of nitrogens with zero attached hydrogens (tertiary/aromatic N) is 2. The maximum absolute atomic E-state index is 13.0. The van der Waals surface area contributed by atoms with Gasteiger partial charge in [0.25, 0.3) is 5.91 Å². The van der Waals surface area contributed by atoms with Crippen LogP contribution in [0.2, 0.25) is 0 Å². The molecule has 1 aromatic carbocycles. The molecule has 2 aliphatic heterocycles. The monoisotopic (exact) mass is 455 g/mol. The van der Waals surface area contributed by atoms with Crippen LogP contribution in [0.4, 0.5) is 5.69 Å². The van der Waals surface area contributed by atoms with Crippen LogP contribution in [0.3, 0.4) is 0 Å². The Balaban J connectivity index is 1.55. The molecule has 180 valence electrons. The van der Waals surface area contributed by atoms with Crippen LogP contribution in [0.5, 0.6) is 0 Å². The second-order valence-electron chi connectivity index (χ2n) is 9.87. The second-order valence-corrected chi connectivity index (χ2v) is 9.87. The van der Waals surface area contributed by atoms with Crippen LogP contribution >= 0.6 is 0 Å². The van der Waals surface area contributed by atoms with Gasteiger partial charge >= 0.3 is 5.97 Å². The normalized spacial score (nSPS) is 20.9. The van der Waals surface area contributed by atoms with Crippen LogP contribution in [0, 0.1) is 11.3 Å². The predicted molar refractivity (Wildman–Crippen MR) is 130 cm³/mol. The van der Waals surface area contributed by atoms with E-state index in [1.54, 1.807) is 4.90 Å². The lowest BCUT2D eigenvalue weighted by atomic mass is 9.93. The number of likely N-dealkylation sites (tertiary alicyclic amines) is 2. The van der Waals surface area contributed by atoms with Gasteiger partial charge in [-0.1, -0.05) is 18.2 Å². The number of benzene rings is 1. The van der Waals surface area contributed by atoms with Crippen LogP contribution in [0.25, 0.3) is 0 Å². The molecular weight excluding hydrogens is 418 g/mol. The fourth-order valence-electron chi connectivity index (χ4n) is 4.46. The SMILES string of the molecule is CC(C)(C)OC(=O)C1CCCN(C2CCN(C(=O)/C(=C/Nc3ccccc3)C(=N)N)CC2)C1. The molecule has 3 rings (SSSR count). The van der Waals surface area contributed by atoms with Crippen molar-refractivity contribution in [2.75, 3.05) is 31.5 Å². The molecule has 0 spiro atoms. The van der Waals surface area contributed by atoms with E-state index in [0.29, 0.717) is 25.7 Å². The fourth-order valence-corrected chi connectivity index (χ4v) is 4.46. The number of ether oxygens (including phenoxy) is 1. The molecule has 4 N–H and O–H groups in total. The van der Waals surface area contributed by atoms with E-state index >= 15 is 0 Å². The van der Waals surface area contributed by atoms with Crippen LogP contribution < -0.4 is 11.1 Å². The van der Waals surface area contributed by atoms with E-state index in [0.717, 1.165) is 37.9 Å². The Morgan fingerprint density at radius 1 is 1.12 bits per heavy atom. The highest BCUT2D eigenvalue weighted by Crippen LogP contribution is 2.26. The largest absolute Gasteiger partial charge is 0.460 e. The summed E-state index contributed by atoms with van der Waals surface area (Å²) in [4.78, 5) is 29.7. The van der Waals surface area contributed by atoms with Crippen molar-refractivity contribution in [2.24, 2.45) is 11.7 Å². The van der Waals surface area contributed by atoms with Crippen molar-refractivity contribution in [1.29, 1.82) is 5.41 Å². The zero-order chi connectivity index (χ0) is 24.0. The number of carbonyl (C=O) groups is 2. The molecule has 8 nitrogen and oxygen atoms in total. The number of amidine groups is 1. The number of nitrogens with one attached hydrogen (secondary N) is 2. The summed E-state index contributed by atoms with van der Waals surface area (Å²) in [5.41, 5.74) is 6.24. The number of piperidine rings is 2. The number of amides is 1. The molecule has 1 unspecified atom stereocenters. The van der Waals surface area contributed by atoms with Gasteiger partial charge in [-0.15, -0.1) is 0 Å². The standard InChI is InChI=1S/C25H37N5O3/c1-25(2,3)33-24(32)18-8-7-13-30(17-18)20-11-14-29(15-12-20)23(31)21(22(26)27)16-28-19-9-5-4-6-10-19/h4-6,9-10,16,18,20,28H,7-8,11-15,17H2,1-3H3,(H3,26,27)/b21-16+. The van der Waals surface area contributed by atoms with E-state index in [2.05, 4.69) is 10.2 Å². The van der Waals surface area contributed by atoms with E-state index in [1.807, 2.05) is 51.1 Å². The Hall–Kier alpha value is -2.87. The molecule has 1 amide bonds. The first-order valence-corrected chi connectivity index (χ1v) is 11.8. The third-order valence-corrected chi connectivity index (χ3v) is 6.14. The van der Waals surface area contributed by atoms with Crippen LogP contribution in [-0.4, -0.2) is 65.3 Å². The van der Waals surface area contributed by atoms with E-state index < -0.39 is 5.60 Å². The number of para-hydroxylation sites is 1. The van der Waals surface area contributed by atoms with Crippen molar-refractivity contribution < 1.29 is 14.3 Å². The first-order chi connectivity index (χ1) is 15.6. The number of rotatable bonds is 6. The third-order valence-electron chi connectivity index (χ3n) is 6.14. The zero-order valence-corrected chi connectivity index (χ0v) is 20.0. The van der Waals surface area contributed by atoms with Crippen molar-refractivity contribution in [2.45, 2.75) is 58.1 Å². The molecule has 2 heterocycles. The van der Waals surface area contributed by atoms with E-state index in [4.69, 9.17) is 15.9 Å². The molecule has 1 aromatic rings. The summed E-state index contributed by atoms with van der Waals surface area (Å²) in [6.07, 6.45) is 5.03. The minimum absolute atomic E-state index is 0.0889. The Kier molecular flexibility index (Phi) is 8.13. The maximum Gasteiger partial charge on any atom is 0.310 e. The van der Waals surface area contributed by atoms with Gasteiger partial charge in [-0.3, -0.25) is 19.9 Å². The van der Waals surface area contributed by atoms with Gasteiger partial charge in [-0.2, -0.15) is 0 Å². The van der Waals surface area contributed by atoms with Crippen molar-refractivity contribution in [3.63, 3.8) is 0 Å². The topological polar surface area (TPSA) is 112 Å². The molecule has 33 heavy (non-hydrogen) atoms. The number of nitrogens with two attached hydrogens (primary N) is 1. The molecule has 1 atom stereocenters. The van der Waals surface area contributed by atoms with Crippen LogP contribution in [0.15, 0.2) is 42.1 Å². The molecule has 0 radical (unpaired) electrons. The van der Waals surface area contributed by atoms with Crippen molar-refractivity contribution in [1.82, 2.24) is 9.80 Å². The summed E-state index contributed by atoms with van der Waals surface area (Å²) in [5.74, 6) is -0.674. The van der Waals surface area contributed by atoms with Gasteiger partial charge in [0, 0.05) is 37.6 Å². The molecule has 0 bridgehead atoms. The number of carbonyl (C=O) groups excluding carboxylic acids is 2. The predicted octanol–water partition coefficient (Wildman–Crippen LogP) is 2.96. The zero-order valence-electron chi connectivity index (χ0n) is 20.0. The lowest BCUT2D eigenvalue weighted by molar-refractivity contribution is -0.162. The van der Waals surface area contributed by atoms with E-state index in [-0.39, 0.29) is 29.2 Å². The highest BCUT2D eigenvalue weighted by atomic mass is 16.6. The summed E-state index contributed by atoms with van der Waals surface area (Å²) >= 11 is 0. The minimum Gasteiger partial charge on any atom is -0.460 e. The highest BCUT2D eigenvalue weighted by molar-refractivity contribution is 6.19. The molecule has 0 aromatic heterocycles. The van der Waals surface area contributed by atoms with Gasteiger partial charge in [0.15, 0.2) is 0 Å². The lowest BCUT2D eigenvalue weighted by Gasteiger charge is -2.42.